The topological polar surface area (TPSA) is 129 Å². The van der Waals surface area contributed by atoms with Gasteiger partial charge in [0.2, 0.25) is 5.91 Å². The smallest absolute Gasteiger partial charge is 0.376 e. The maximum Gasteiger partial charge on any atom is 0.407 e. The number of amides is 1. The molecule has 5 rings (SSSR count). The van der Waals surface area contributed by atoms with Crippen molar-refractivity contribution >= 4 is 11.6 Å². The predicted molar refractivity (Wildman–Crippen MR) is 148 cm³/mol. The molecule has 15 heteroatoms. The molecule has 3 aliphatic rings. The minimum absolute atomic E-state index is 0.000716. The van der Waals surface area contributed by atoms with Crippen molar-refractivity contribution in [1.82, 2.24) is 20.2 Å². The van der Waals surface area contributed by atoms with Crippen LogP contribution in [0.3, 0.4) is 0 Å². The number of epoxide rings is 1. The number of carbonyl (C=O) groups is 1. The number of aliphatic hydroxyl groups is 1. The number of nitrogens with zero attached hydrogens (tertiary/aromatic N) is 4. The van der Waals surface area contributed by atoms with E-state index in [-0.39, 0.29) is 51.3 Å². The van der Waals surface area contributed by atoms with E-state index in [4.69, 9.17) is 15.2 Å². The Bertz CT molecular complexity index is 1380. The van der Waals surface area contributed by atoms with Crippen molar-refractivity contribution in [3.63, 3.8) is 0 Å². The molecule has 1 aromatic heterocycles. The van der Waals surface area contributed by atoms with Gasteiger partial charge in [0.05, 0.1) is 35.9 Å². The summed E-state index contributed by atoms with van der Waals surface area (Å²) in [5.41, 5.74) is 3.37. The van der Waals surface area contributed by atoms with E-state index < -0.39 is 59.2 Å². The largest absolute Gasteiger partial charge is 0.407 e. The fraction of sp³-hybridized carbons (Fsp3) is 0.552. The Balaban J connectivity index is 1.40. The first-order valence-corrected chi connectivity index (χ1v) is 14.1. The highest BCUT2D eigenvalue weighted by molar-refractivity contribution is 5.94. The molecule has 4 N–H and O–H groups in total. The number of alkyl halides is 3. The Morgan fingerprint density at radius 2 is 2.00 bits per heavy atom. The lowest BCUT2D eigenvalue weighted by atomic mass is 9.69. The number of fused-ring (bicyclic) bond motifs is 2. The average Bonchev–Trinajstić information content (AvgIpc) is 3.71. The summed E-state index contributed by atoms with van der Waals surface area (Å²) < 4.78 is 79.7. The van der Waals surface area contributed by atoms with Gasteiger partial charge in [-0.1, -0.05) is 12.1 Å². The number of aliphatic hydroxyl groups excluding tert-OH is 1. The van der Waals surface area contributed by atoms with E-state index in [9.17, 15) is 31.9 Å². The maximum atomic E-state index is 14.2. The molecule has 4 unspecified atom stereocenters. The van der Waals surface area contributed by atoms with Gasteiger partial charge in [0.15, 0.2) is 5.72 Å². The van der Waals surface area contributed by atoms with E-state index in [1.54, 1.807) is 29.3 Å². The van der Waals surface area contributed by atoms with Crippen LogP contribution in [0.2, 0.25) is 0 Å². The van der Waals surface area contributed by atoms with Crippen LogP contribution in [0.25, 0.3) is 0 Å². The van der Waals surface area contributed by atoms with Crippen LogP contribution in [0.4, 0.5) is 22.0 Å². The number of nitrogens with two attached hydrogens (primary N) is 1. The number of hydrogen-bond acceptors (Lipinski definition) is 9. The van der Waals surface area contributed by atoms with Crippen molar-refractivity contribution in [2.45, 2.75) is 63.0 Å². The van der Waals surface area contributed by atoms with Crippen LogP contribution in [0, 0.1) is 17.0 Å². The van der Waals surface area contributed by atoms with Crippen molar-refractivity contribution in [2.24, 2.45) is 16.3 Å². The summed E-state index contributed by atoms with van der Waals surface area (Å²) in [6, 6.07) is 7.21. The Hall–Kier alpha value is -3.24. The molecule has 240 valence electrons. The first-order valence-electron chi connectivity index (χ1n) is 14.1. The van der Waals surface area contributed by atoms with Gasteiger partial charge in [-0.2, -0.15) is 18.3 Å². The number of benzene rings is 1. The van der Waals surface area contributed by atoms with E-state index in [1.807, 2.05) is 0 Å². The number of hydrazone groups is 1. The standard InChI is InChI=1S/C29H35F5N6O4/c1-26(2,35)25(42)37-22(14-43-13-18-6-7-19(30)11-21(18)31)24(41)39-10-8-23-27(15-39,12-20-5-3-4-9-36-20)28(17-44-28)40(38-23)16-29(32,33)34/h3-7,9,11,22,24,41H,8,10,12-17,35H2,1-2H3,(H,37,42). The number of piperidine rings is 1. The number of carbonyl (C=O) groups excluding carboxylic acids is 1. The summed E-state index contributed by atoms with van der Waals surface area (Å²) in [5.74, 6) is -2.16. The molecule has 4 heterocycles. The molecule has 44 heavy (non-hydrogen) atoms. The molecule has 0 bridgehead atoms. The lowest BCUT2D eigenvalue weighted by Crippen LogP contribution is -2.65. The summed E-state index contributed by atoms with van der Waals surface area (Å²) in [6.07, 6.45) is -3.93. The van der Waals surface area contributed by atoms with Crippen molar-refractivity contribution in [1.29, 1.82) is 0 Å². The number of nitrogens with one attached hydrogen (secondary N) is 1. The van der Waals surface area contributed by atoms with Gasteiger partial charge in [-0.15, -0.1) is 0 Å². The van der Waals surface area contributed by atoms with E-state index in [0.29, 0.717) is 11.4 Å². The fourth-order valence-electron chi connectivity index (χ4n) is 5.88. The Morgan fingerprint density at radius 1 is 1.25 bits per heavy atom. The normalized spacial score (nSPS) is 25.0. The van der Waals surface area contributed by atoms with Gasteiger partial charge in [0.1, 0.15) is 31.0 Å². The number of halogens is 5. The maximum absolute atomic E-state index is 14.2. The molecule has 0 radical (unpaired) electrons. The molecule has 0 saturated carbocycles. The molecule has 0 aliphatic carbocycles. The highest BCUT2D eigenvalue weighted by Gasteiger charge is 2.73. The summed E-state index contributed by atoms with van der Waals surface area (Å²) >= 11 is 0. The fourth-order valence-corrected chi connectivity index (χ4v) is 5.88. The molecule has 2 aromatic rings. The van der Waals surface area contributed by atoms with E-state index in [1.165, 1.54) is 19.9 Å². The summed E-state index contributed by atoms with van der Waals surface area (Å²) in [4.78, 5) is 18.9. The SMILES string of the molecule is CC(C)(N)C(=O)NC(COCc1ccc(F)cc1F)C(O)N1CCC2=NN(CC(F)(F)F)C3(CO3)C2(Cc2ccccn2)C1. The third kappa shape index (κ3) is 6.56. The van der Waals surface area contributed by atoms with Crippen molar-refractivity contribution in [3.8, 4) is 0 Å². The Morgan fingerprint density at radius 3 is 2.61 bits per heavy atom. The lowest BCUT2D eigenvalue weighted by molar-refractivity contribution is -0.165. The Kier molecular flexibility index (Phi) is 8.72. The number of ether oxygens (including phenoxy) is 2. The zero-order valence-electron chi connectivity index (χ0n) is 24.3. The molecule has 1 aromatic carbocycles. The van der Waals surface area contributed by atoms with Gasteiger partial charge >= 0.3 is 6.18 Å². The Labute approximate surface area is 251 Å². The minimum Gasteiger partial charge on any atom is -0.376 e. The average molecular weight is 627 g/mol. The van der Waals surface area contributed by atoms with Crippen molar-refractivity contribution in [2.75, 3.05) is 32.8 Å². The second kappa shape index (κ2) is 11.9. The predicted octanol–water partition coefficient (Wildman–Crippen LogP) is 2.31. The molecule has 10 nitrogen and oxygen atoms in total. The summed E-state index contributed by atoms with van der Waals surface area (Å²) in [5, 5.41) is 19.7. The van der Waals surface area contributed by atoms with Crippen molar-refractivity contribution in [3.05, 3.63) is 65.5 Å². The monoisotopic (exact) mass is 626 g/mol. The van der Waals surface area contributed by atoms with Gasteiger partial charge in [-0.05, 0) is 32.0 Å². The van der Waals surface area contributed by atoms with Gasteiger partial charge in [0, 0.05) is 49.5 Å². The third-order valence-electron chi connectivity index (χ3n) is 8.23. The highest BCUT2D eigenvalue weighted by atomic mass is 19.4. The van der Waals surface area contributed by atoms with Crippen LogP contribution >= 0.6 is 0 Å². The first kappa shape index (κ1) is 32.2. The highest BCUT2D eigenvalue weighted by Crippen LogP contribution is 2.57. The second-order valence-electron chi connectivity index (χ2n) is 12.1. The molecule has 4 atom stereocenters. The summed E-state index contributed by atoms with van der Waals surface area (Å²) in [7, 11) is 0. The van der Waals surface area contributed by atoms with Gasteiger partial charge in [-0.25, -0.2) is 8.78 Å². The van der Waals surface area contributed by atoms with Crippen LogP contribution < -0.4 is 11.1 Å². The molecule has 3 aliphatic heterocycles. The van der Waals surface area contributed by atoms with Crippen molar-refractivity contribution < 1.29 is 41.3 Å². The molecule has 2 fully saturated rings. The summed E-state index contributed by atoms with van der Waals surface area (Å²) in [6.45, 7) is 1.32. The molecular formula is C29H35F5N6O4. The first-order chi connectivity index (χ1) is 20.6. The van der Waals surface area contributed by atoms with E-state index in [2.05, 4.69) is 15.4 Å². The third-order valence-corrected chi connectivity index (χ3v) is 8.23. The minimum atomic E-state index is -4.53. The quantitative estimate of drug-likeness (QED) is 0.256. The molecular weight excluding hydrogens is 591 g/mol. The number of pyridine rings is 1. The zero-order chi connectivity index (χ0) is 31.9. The number of aromatic nitrogens is 1. The van der Waals surface area contributed by atoms with Crippen LogP contribution in [0.5, 0.6) is 0 Å². The molecule has 1 spiro atoms. The molecule has 1 amide bonds. The van der Waals surface area contributed by atoms with Crippen LogP contribution in [0.1, 0.15) is 31.5 Å². The van der Waals surface area contributed by atoms with Crippen LogP contribution in [-0.2, 0) is 27.3 Å². The van der Waals surface area contributed by atoms with E-state index >= 15 is 0 Å². The van der Waals surface area contributed by atoms with Crippen LogP contribution in [-0.4, -0.2) is 94.2 Å². The molecule has 2 saturated heterocycles. The van der Waals surface area contributed by atoms with Crippen LogP contribution in [0.15, 0.2) is 47.7 Å². The van der Waals surface area contributed by atoms with Gasteiger partial charge in [0.25, 0.3) is 0 Å². The van der Waals surface area contributed by atoms with E-state index in [0.717, 1.165) is 17.1 Å². The number of likely N-dealkylation sites (tertiary alicyclic amines) is 1. The zero-order valence-corrected chi connectivity index (χ0v) is 24.3. The number of rotatable bonds is 11. The second-order valence-corrected chi connectivity index (χ2v) is 12.1. The lowest BCUT2D eigenvalue weighted by Gasteiger charge is -2.46. The van der Waals surface area contributed by atoms with Gasteiger partial charge < -0.3 is 25.6 Å². The number of hydrogen-bond donors (Lipinski definition) is 3. The van der Waals surface area contributed by atoms with Gasteiger partial charge in [-0.3, -0.25) is 19.7 Å².